The minimum absolute atomic E-state index is 0.0794. The maximum atomic E-state index is 11.7. The average Bonchev–Trinajstić information content (AvgIpc) is 2.36. The lowest BCUT2D eigenvalue weighted by Gasteiger charge is -2.06. The van der Waals surface area contributed by atoms with Crippen LogP contribution in [0.3, 0.4) is 0 Å². The second-order valence-corrected chi connectivity index (χ2v) is 3.85. The largest absolute Gasteiger partial charge is 0.508 e. The number of phenols is 1. The second kappa shape index (κ2) is 6.39. The second-order valence-electron chi connectivity index (χ2n) is 3.85. The van der Waals surface area contributed by atoms with E-state index in [2.05, 4.69) is 10.6 Å². The van der Waals surface area contributed by atoms with E-state index in [4.69, 9.17) is 5.11 Å². The number of hydrogen-bond acceptors (Lipinski definition) is 4. The number of hydrogen-bond donors (Lipinski definition) is 4. The van der Waals surface area contributed by atoms with E-state index < -0.39 is 24.3 Å². The van der Waals surface area contributed by atoms with E-state index >= 15 is 0 Å². The normalized spacial score (nSPS) is 9.74. The molecule has 0 radical (unpaired) electrons. The molecule has 7 heteroatoms. The Bertz CT molecular complexity index is 513. The fourth-order valence-electron chi connectivity index (χ4n) is 1.30. The first-order valence-corrected chi connectivity index (χ1v) is 5.46. The van der Waals surface area contributed by atoms with Gasteiger partial charge in [0.15, 0.2) is 0 Å². The smallest absolute Gasteiger partial charge is 0.322 e. The number of aromatic hydroxyl groups is 1. The Kier molecular flexibility index (Phi) is 4.87. The first-order chi connectivity index (χ1) is 8.90. The molecule has 0 atom stereocenters. The van der Waals surface area contributed by atoms with Gasteiger partial charge in [0, 0.05) is 5.56 Å². The van der Waals surface area contributed by atoms with E-state index in [-0.39, 0.29) is 12.3 Å². The van der Waals surface area contributed by atoms with E-state index in [1.165, 1.54) is 18.2 Å². The summed E-state index contributed by atoms with van der Waals surface area (Å²) in [6.07, 6.45) is 0. The quantitative estimate of drug-likeness (QED) is 0.580. The standard InChI is InChI=1S/C12H14N2O5/c1-7-4-8(2-3-9(7)15)12(19)14-5-10(16)13-6-11(17)18/h2-4,15H,5-6H2,1H3,(H,13,16)(H,14,19)(H,17,18). The molecule has 1 rings (SSSR count). The van der Waals surface area contributed by atoms with Crippen LogP contribution in [0.2, 0.25) is 0 Å². The zero-order valence-electron chi connectivity index (χ0n) is 10.3. The van der Waals surface area contributed by atoms with Gasteiger partial charge >= 0.3 is 5.97 Å². The maximum Gasteiger partial charge on any atom is 0.322 e. The van der Waals surface area contributed by atoms with Crippen molar-refractivity contribution in [3.05, 3.63) is 29.3 Å². The van der Waals surface area contributed by atoms with Crippen molar-refractivity contribution in [1.82, 2.24) is 10.6 Å². The van der Waals surface area contributed by atoms with Crippen molar-refractivity contribution in [2.24, 2.45) is 0 Å². The highest BCUT2D eigenvalue weighted by Gasteiger charge is 2.09. The summed E-state index contributed by atoms with van der Waals surface area (Å²) < 4.78 is 0. The predicted octanol–water partition coefficient (Wildman–Crippen LogP) is -0.369. The molecule has 1 aromatic rings. The fourth-order valence-corrected chi connectivity index (χ4v) is 1.30. The highest BCUT2D eigenvalue weighted by molar-refractivity contribution is 5.97. The highest BCUT2D eigenvalue weighted by atomic mass is 16.4. The molecule has 19 heavy (non-hydrogen) atoms. The van der Waals surface area contributed by atoms with Crippen molar-refractivity contribution in [3.8, 4) is 5.75 Å². The van der Waals surface area contributed by atoms with Gasteiger partial charge in [0.25, 0.3) is 5.91 Å². The molecule has 0 aliphatic carbocycles. The lowest BCUT2D eigenvalue weighted by atomic mass is 10.1. The number of phenolic OH excluding ortho intramolecular Hbond substituents is 1. The molecule has 0 heterocycles. The molecule has 0 aromatic heterocycles. The van der Waals surface area contributed by atoms with Crippen LogP contribution in [0.1, 0.15) is 15.9 Å². The molecule has 0 bridgehead atoms. The minimum Gasteiger partial charge on any atom is -0.508 e. The van der Waals surface area contributed by atoms with E-state index in [1.807, 2.05) is 0 Å². The molecular weight excluding hydrogens is 252 g/mol. The molecule has 4 N–H and O–H groups in total. The molecule has 0 unspecified atom stereocenters. The first-order valence-electron chi connectivity index (χ1n) is 5.46. The Morgan fingerprint density at radius 3 is 2.42 bits per heavy atom. The van der Waals surface area contributed by atoms with Gasteiger partial charge in [-0.1, -0.05) is 0 Å². The number of aliphatic carboxylic acids is 1. The van der Waals surface area contributed by atoms with E-state index in [0.29, 0.717) is 11.1 Å². The monoisotopic (exact) mass is 266 g/mol. The van der Waals surface area contributed by atoms with Crippen molar-refractivity contribution < 1.29 is 24.6 Å². The number of amides is 2. The summed E-state index contributed by atoms with van der Waals surface area (Å²) in [6, 6.07) is 4.29. The van der Waals surface area contributed by atoms with Gasteiger partial charge in [0.05, 0.1) is 6.54 Å². The first kappa shape index (κ1) is 14.5. The third-order valence-electron chi connectivity index (χ3n) is 2.31. The molecule has 7 nitrogen and oxygen atoms in total. The minimum atomic E-state index is -1.16. The Balaban J connectivity index is 2.49. The fraction of sp³-hybridized carbons (Fsp3) is 0.250. The van der Waals surface area contributed by atoms with Crippen molar-refractivity contribution in [2.45, 2.75) is 6.92 Å². The number of rotatable bonds is 5. The SMILES string of the molecule is Cc1cc(C(=O)NCC(=O)NCC(=O)O)ccc1O. The summed E-state index contributed by atoms with van der Waals surface area (Å²) >= 11 is 0. The topological polar surface area (TPSA) is 116 Å². The van der Waals surface area contributed by atoms with Gasteiger partial charge in [-0.05, 0) is 30.7 Å². The van der Waals surface area contributed by atoms with Crippen LogP contribution in [0.15, 0.2) is 18.2 Å². The number of carboxylic acid groups (broad SMARTS) is 1. The molecule has 0 spiro atoms. The lowest BCUT2D eigenvalue weighted by Crippen LogP contribution is -2.39. The van der Waals surface area contributed by atoms with Crippen LogP contribution in [-0.4, -0.2) is 41.1 Å². The third-order valence-corrected chi connectivity index (χ3v) is 2.31. The molecule has 1 aromatic carbocycles. The van der Waals surface area contributed by atoms with Crippen LogP contribution in [0.4, 0.5) is 0 Å². The Morgan fingerprint density at radius 2 is 1.84 bits per heavy atom. The van der Waals surface area contributed by atoms with Crippen LogP contribution in [0.5, 0.6) is 5.75 Å². The number of aryl methyl sites for hydroxylation is 1. The molecule has 102 valence electrons. The summed E-state index contributed by atoms with van der Waals surface area (Å²) in [5.41, 5.74) is 0.851. The number of nitrogens with one attached hydrogen (secondary N) is 2. The van der Waals surface area contributed by atoms with Crippen LogP contribution < -0.4 is 10.6 Å². The molecule has 0 aliphatic rings. The molecule has 0 fully saturated rings. The van der Waals surface area contributed by atoms with Gasteiger partial charge in [-0.3, -0.25) is 14.4 Å². The van der Waals surface area contributed by atoms with Gasteiger partial charge < -0.3 is 20.8 Å². The summed E-state index contributed by atoms with van der Waals surface area (Å²) in [6.45, 7) is 0.838. The average molecular weight is 266 g/mol. The van der Waals surface area contributed by atoms with Crippen molar-refractivity contribution in [2.75, 3.05) is 13.1 Å². The number of carboxylic acids is 1. The van der Waals surface area contributed by atoms with Gasteiger partial charge in [-0.2, -0.15) is 0 Å². The predicted molar refractivity (Wildman–Crippen MR) is 65.8 cm³/mol. The Hall–Kier alpha value is -2.57. The molecule has 2 amide bonds. The van der Waals surface area contributed by atoms with E-state index in [1.54, 1.807) is 6.92 Å². The molecule has 0 aliphatic heterocycles. The zero-order chi connectivity index (χ0) is 14.4. The lowest BCUT2D eigenvalue weighted by molar-refractivity contribution is -0.137. The Morgan fingerprint density at radius 1 is 1.16 bits per heavy atom. The summed E-state index contributed by atoms with van der Waals surface area (Å²) in [5.74, 6) is -2.15. The van der Waals surface area contributed by atoms with Crippen molar-refractivity contribution >= 4 is 17.8 Å². The van der Waals surface area contributed by atoms with Crippen LogP contribution in [-0.2, 0) is 9.59 Å². The van der Waals surface area contributed by atoms with Gasteiger partial charge in [-0.25, -0.2) is 0 Å². The zero-order valence-corrected chi connectivity index (χ0v) is 10.3. The van der Waals surface area contributed by atoms with E-state index in [0.717, 1.165) is 0 Å². The number of benzene rings is 1. The van der Waals surface area contributed by atoms with Crippen LogP contribution in [0, 0.1) is 6.92 Å². The van der Waals surface area contributed by atoms with Crippen LogP contribution in [0.25, 0.3) is 0 Å². The summed E-state index contributed by atoms with van der Waals surface area (Å²) in [7, 11) is 0. The van der Waals surface area contributed by atoms with Crippen LogP contribution >= 0.6 is 0 Å². The van der Waals surface area contributed by atoms with Gasteiger partial charge in [0.1, 0.15) is 12.3 Å². The Labute approximate surface area is 109 Å². The van der Waals surface area contributed by atoms with E-state index in [9.17, 15) is 19.5 Å². The van der Waals surface area contributed by atoms with Crippen molar-refractivity contribution in [3.63, 3.8) is 0 Å². The molecule has 0 saturated heterocycles. The number of carbonyl (C=O) groups excluding carboxylic acids is 2. The molecule has 0 saturated carbocycles. The summed E-state index contributed by atoms with van der Waals surface area (Å²) in [4.78, 5) is 33.0. The van der Waals surface area contributed by atoms with Gasteiger partial charge in [-0.15, -0.1) is 0 Å². The van der Waals surface area contributed by atoms with Crippen molar-refractivity contribution in [1.29, 1.82) is 0 Å². The molecular formula is C12H14N2O5. The summed E-state index contributed by atoms with van der Waals surface area (Å²) in [5, 5.41) is 22.1. The van der Waals surface area contributed by atoms with Gasteiger partial charge in [0.2, 0.25) is 5.91 Å². The number of carbonyl (C=O) groups is 3. The third kappa shape index (κ3) is 4.66. The highest BCUT2D eigenvalue weighted by Crippen LogP contribution is 2.16. The maximum absolute atomic E-state index is 11.7.